The van der Waals surface area contributed by atoms with Crippen LogP contribution in [0.2, 0.25) is 0 Å². The molecular weight excluding hydrogens is 253 g/mol. The van der Waals surface area contributed by atoms with Gasteiger partial charge in [0.15, 0.2) is 6.61 Å². The average molecular weight is 264 g/mol. The monoisotopic (exact) mass is 264 g/mol. The number of benzene rings is 1. The van der Waals surface area contributed by atoms with Crippen molar-refractivity contribution in [3.05, 3.63) is 23.8 Å². The normalized spacial score (nSPS) is 11.1. The second-order valence-electron chi connectivity index (χ2n) is 3.29. The lowest BCUT2D eigenvalue weighted by atomic mass is 10.1. The van der Waals surface area contributed by atoms with Gasteiger partial charge in [-0.05, 0) is 18.2 Å². The predicted molar refractivity (Wildman–Crippen MR) is 56.9 cm³/mol. The Kier molecular flexibility index (Phi) is 4.38. The summed E-state index contributed by atoms with van der Waals surface area (Å²) in [4.78, 5) is 15.5. The molecule has 0 bridgehead atoms. The number of hydroxylamine groups is 1. The Hall–Kier alpha value is -1.96. The van der Waals surface area contributed by atoms with E-state index in [2.05, 4.69) is 4.84 Å². The summed E-state index contributed by atoms with van der Waals surface area (Å²) in [5.41, 5.74) is 7.23. The van der Waals surface area contributed by atoms with Crippen molar-refractivity contribution < 1.29 is 27.5 Å². The molecule has 100 valence electrons. The van der Waals surface area contributed by atoms with Crippen molar-refractivity contribution in [2.45, 2.75) is 6.18 Å². The fourth-order valence-electron chi connectivity index (χ4n) is 1.10. The second-order valence-corrected chi connectivity index (χ2v) is 3.29. The second kappa shape index (κ2) is 5.58. The molecule has 0 aliphatic carbocycles. The summed E-state index contributed by atoms with van der Waals surface area (Å²) in [5, 5.41) is 0. The van der Waals surface area contributed by atoms with Crippen molar-refractivity contribution in [1.82, 2.24) is 5.48 Å². The van der Waals surface area contributed by atoms with Gasteiger partial charge in [0.25, 0.3) is 5.91 Å². The first kappa shape index (κ1) is 14.1. The highest BCUT2D eigenvalue weighted by Crippen LogP contribution is 2.19. The number of ether oxygens (including phenoxy) is 1. The van der Waals surface area contributed by atoms with E-state index in [9.17, 15) is 18.0 Å². The molecule has 0 saturated heterocycles. The summed E-state index contributed by atoms with van der Waals surface area (Å²) in [6.07, 6.45) is -4.52. The third-order valence-corrected chi connectivity index (χ3v) is 1.91. The Balaban J connectivity index is 2.66. The molecule has 18 heavy (non-hydrogen) atoms. The summed E-state index contributed by atoms with van der Waals surface area (Å²) < 4.78 is 40.2. The van der Waals surface area contributed by atoms with E-state index in [-0.39, 0.29) is 11.3 Å². The first-order valence-electron chi connectivity index (χ1n) is 4.76. The van der Waals surface area contributed by atoms with Crippen molar-refractivity contribution >= 4 is 11.6 Å². The highest BCUT2D eigenvalue weighted by atomic mass is 19.4. The van der Waals surface area contributed by atoms with Gasteiger partial charge in [0.05, 0.1) is 12.7 Å². The molecule has 0 aliphatic rings. The quantitative estimate of drug-likeness (QED) is 0.638. The number of nitrogens with two attached hydrogens (primary N) is 1. The van der Waals surface area contributed by atoms with Crippen LogP contribution in [0.5, 0.6) is 5.75 Å². The first-order chi connectivity index (χ1) is 8.33. The Morgan fingerprint density at radius 2 is 2.11 bits per heavy atom. The summed E-state index contributed by atoms with van der Waals surface area (Å²) in [7, 11) is 1.38. The standard InChI is InChI=1S/C10H11F3N2O3/c1-17-6-2-3-8(14)7(4-6)9(16)15-18-5-10(11,12)13/h2-4H,5,14H2,1H3,(H,15,16). The molecule has 0 radical (unpaired) electrons. The minimum Gasteiger partial charge on any atom is -0.497 e. The van der Waals surface area contributed by atoms with E-state index in [1.54, 1.807) is 5.48 Å². The van der Waals surface area contributed by atoms with Crippen LogP contribution in [0.3, 0.4) is 0 Å². The minimum atomic E-state index is -4.52. The van der Waals surface area contributed by atoms with Crippen LogP contribution in [0, 0.1) is 0 Å². The Bertz CT molecular complexity index is 435. The summed E-state index contributed by atoms with van der Waals surface area (Å²) in [6, 6.07) is 4.21. The highest BCUT2D eigenvalue weighted by molar-refractivity contribution is 5.98. The largest absolute Gasteiger partial charge is 0.497 e. The molecular formula is C10H11F3N2O3. The van der Waals surface area contributed by atoms with Gasteiger partial charge in [-0.15, -0.1) is 0 Å². The van der Waals surface area contributed by atoms with Gasteiger partial charge in [0, 0.05) is 5.69 Å². The van der Waals surface area contributed by atoms with Crippen LogP contribution in [0.4, 0.5) is 18.9 Å². The Morgan fingerprint density at radius 3 is 2.67 bits per heavy atom. The van der Waals surface area contributed by atoms with Crippen LogP contribution < -0.4 is 16.0 Å². The van der Waals surface area contributed by atoms with Crippen LogP contribution in [-0.2, 0) is 4.84 Å². The SMILES string of the molecule is COc1ccc(N)c(C(=O)NOCC(F)(F)F)c1. The Labute approximate surface area is 101 Å². The lowest BCUT2D eigenvalue weighted by Crippen LogP contribution is -2.30. The van der Waals surface area contributed by atoms with Crippen molar-refractivity contribution in [2.75, 3.05) is 19.5 Å². The zero-order chi connectivity index (χ0) is 13.8. The van der Waals surface area contributed by atoms with E-state index in [4.69, 9.17) is 10.5 Å². The number of rotatable bonds is 4. The lowest BCUT2D eigenvalue weighted by molar-refractivity contribution is -0.184. The molecule has 1 rings (SSSR count). The topological polar surface area (TPSA) is 73.6 Å². The number of alkyl halides is 3. The van der Waals surface area contributed by atoms with E-state index in [0.717, 1.165) is 0 Å². The molecule has 0 aromatic heterocycles. The summed E-state index contributed by atoms with van der Waals surface area (Å²) >= 11 is 0. The van der Waals surface area contributed by atoms with Gasteiger partial charge in [0.2, 0.25) is 0 Å². The van der Waals surface area contributed by atoms with Crippen LogP contribution in [0.15, 0.2) is 18.2 Å². The third-order valence-electron chi connectivity index (χ3n) is 1.91. The fraction of sp³-hybridized carbons (Fsp3) is 0.300. The molecule has 3 N–H and O–H groups in total. The van der Waals surface area contributed by atoms with E-state index < -0.39 is 18.7 Å². The molecule has 0 heterocycles. The first-order valence-corrected chi connectivity index (χ1v) is 4.76. The molecule has 1 aromatic carbocycles. The van der Waals surface area contributed by atoms with E-state index >= 15 is 0 Å². The van der Waals surface area contributed by atoms with Crippen LogP contribution in [-0.4, -0.2) is 25.8 Å². The number of carbonyl (C=O) groups is 1. The van der Waals surface area contributed by atoms with Gasteiger partial charge >= 0.3 is 6.18 Å². The molecule has 5 nitrogen and oxygen atoms in total. The minimum absolute atomic E-state index is 0.0310. The van der Waals surface area contributed by atoms with E-state index in [0.29, 0.717) is 5.75 Å². The van der Waals surface area contributed by atoms with Gasteiger partial charge in [-0.1, -0.05) is 0 Å². The summed E-state index contributed by atoms with van der Waals surface area (Å²) in [5.74, 6) is -0.527. The molecule has 0 spiro atoms. The molecule has 0 fully saturated rings. The number of methoxy groups -OCH3 is 1. The van der Waals surface area contributed by atoms with Gasteiger partial charge in [-0.3, -0.25) is 9.63 Å². The number of amides is 1. The molecule has 8 heteroatoms. The van der Waals surface area contributed by atoms with Crippen LogP contribution in [0.25, 0.3) is 0 Å². The van der Waals surface area contributed by atoms with Crippen molar-refractivity contribution in [2.24, 2.45) is 0 Å². The molecule has 0 atom stereocenters. The number of hydrogen-bond donors (Lipinski definition) is 2. The van der Waals surface area contributed by atoms with Gasteiger partial charge < -0.3 is 10.5 Å². The number of anilines is 1. The zero-order valence-corrected chi connectivity index (χ0v) is 9.38. The molecule has 0 unspecified atom stereocenters. The van der Waals surface area contributed by atoms with E-state index in [1.165, 1.54) is 25.3 Å². The maximum atomic E-state index is 11.8. The van der Waals surface area contributed by atoms with Gasteiger partial charge in [-0.2, -0.15) is 13.2 Å². The maximum absolute atomic E-state index is 11.8. The maximum Gasteiger partial charge on any atom is 0.414 e. The van der Waals surface area contributed by atoms with Crippen LogP contribution >= 0.6 is 0 Å². The number of halogens is 3. The zero-order valence-electron chi connectivity index (χ0n) is 9.38. The lowest BCUT2D eigenvalue weighted by Gasteiger charge is -2.10. The predicted octanol–water partition coefficient (Wildman–Crippen LogP) is 1.50. The average Bonchev–Trinajstić information content (AvgIpc) is 2.27. The number of carbonyl (C=O) groups excluding carboxylic acids is 1. The smallest absolute Gasteiger partial charge is 0.414 e. The molecule has 1 amide bonds. The van der Waals surface area contributed by atoms with Gasteiger partial charge in [-0.25, -0.2) is 5.48 Å². The molecule has 0 aliphatic heterocycles. The third kappa shape index (κ3) is 4.13. The van der Waals surface area contributed by atoms with Crippen molar-refractivity contribution in [3.63, 3.8) is 0 Å². The highest BCUT2D eigenvalue weighted by Gasteiger charge is 2.28. The van der Waals surface area contributed by atoms with Crippen molar-refractivity contribution in [1.29, 1.82) is 0 Å². The fourth-order valence-corrected chi connectivity index (χ4v) is 1.10. The Morgan fingerprint density at radius 1 is 1.44 bits per heavy atom. The number of nitrogen functional groups attached to an aromatic ring is 1. The van der Waals surface area contributed by atoms with E-state index in [1.807, 2.05) is 0 Å². The number of hydrogen-bond acceptors (Lipinski definition) is 4. The summed E-state index contributed by atoms with van der Waals surface area (Å²) in [6.45, 7) is -1.58. The van der Waals surface area contributed by atoms with Gasteiger partial charge in [0.1, 0.15) is 5.75 Å². The number of nitrogens with one attached hydrogen (secondary N) is 1. The van der Waals surface area contributed by atoms with Crippen molar-refractivity contribution in [3.8, 4) is 5.75 Å². The molecule has 0 saturated carbocycles. The van der Waals surface area contributed by atoms with Crippen LogP contribution in [0.1, 0.15) is 10.4 Å². The molecule has 1 aromatic rings.